The number of benzene rings is 1. The summed E-state index contributed by atoms with van der Waals surface area (Å²) >= 11 is 0. The minimum atomic E-state index is -0.391. The Balaban J connectivity index is 1.24. The van der Waals surface area contributed by atoms with Gasteiger partial charge in [0.1, 0.15) is 13.2 Å². The number of carbonyl (C=O) groups excluding carboxylic acids is 1. The van der Waals surface area contributed by atoms with Gasteiger partial charge >= 0.3 is 0 Å². The van der Waals surface area contributed by atoms with E-state index in [1.54, 1.807) is 0 Å². The fraction of sp³-hybridized carbons (Fsp3) is 0.731. The van der Waals surface area contributed by atoms with Gasteiger partial charge in [-0.1, -0.05) is 18.9 Å². The number of piperidine rings is 1. The average molecular weight is 443 g/mol. The number of morpholine rings is 1. The molecule has 2 unspecified atom stereocenters. The molecule has 4 aliphatic rings. The van der Waals surface area contributed by atoms with Crippen LogP contribution < -0.4 is 9.47 Å². The van der Waals surface area contributed by atoms with E-state index in [1.165, 1.54) is 0 Å². The average Bonchev–Trinajstić information content (AvgIpc) is 3.29. The first-order chi connectivity index (χ1) is 15.5. The molecule has 0 aromatic heterocycles. The van der Waals surface area contributed by atoms with Crippen LogP contribution in [0.15, 0.2) is 18.2 Å². The highest BCUT2D eigenvalue weighted by atomic mass is 16.6. The van der Waals surface area contributed by atoms with E-state index in [-0.39, 0.29) is 0 Å². The summed E-state index contributed by atoms with van der Waals surface area (Å²) < 4.78 is 17.4. The summed E-state index contributed by atoms with van der Waals surface area (Å²) in [7, 11) is 0. The summed E-state index contributed by atoms with van der Waals surface area (Å²) in [4.78, 5) is 18.6. The summed E-state index contributed by atoms with van der Waals surface area (Å²) in [5, 5.41) is 0. The second-order valence-corrected chi connectivity index (χ2v) is 10.4. The van der Waals surface area contributed by atoms with Gasteiger partial charge in [0.25, 0.3) is 0 Å². The van der Waals surface area contributed by atoms with E-state index in [1.807, 2.05) is 6.07 Å². The van der Waals surface area contributed by atoms with Crippen LogP contribution in [0, 0.1) is 5.92 Å². The topological polar surface area (TPSA) is 51.2 Å². The maximum atomic E-state index is 13.9. The molecule has 176 valence electrons. The predicted octanol–water partition coefficient (Wildman–Crippen LogP) is 3.62. The number of amides is 1. The first-order valence-electron chi connectivity index (χ1n) is 12.6. The summed E-state index contributed by atoms with van der Waals surface area (Å²) in [6, 6.07) is 6.17. The molecule has 6 nitrogen and oxygen atoms in total. The third kappa shape index (κ3) is 4.36. The molecule has 2 saturated heterocycles. The molecule has 2 atom stereocenters. The predicted molar refractivity (Wildman–Crippen MR) is 123 cm³/mol. The lowest BCUT2D eigenvalue weighted by Gasteiger charge is -2.41. The van der Waals surface area contributed by atoms with Gasteiger partial charge in [0.15, 0.2) is 11.5 Å². The van der Waals surface area contributed by atoms with E-state index < -0.39 is 5.41 Å². The number of ether oxygens (including phenoxy) is 3. The number of nitrogens with zero attached hydrogens (tertiary/aromatic N) is 2. The van der Waals surface area contributed by atoms with E-state index in [0.29, 0.717) is 37.2 Å². The molecule has 0 radical (unpaired) electrons. The molecule has 3 aliphatic heterocycles. The van der Waals surface area contributed by atoms with E-state index >= 15 is 0 Å². The highest BCUT2D eigenvalue weighted by molar-refractivity contribution is 5.89. The number of fused-ring (bicyclic) bond motifs is 1. The number of likely N-dealkylation sites (tertiary alicyclic amines) is 1. The van der Waals surface area contributed by atoms with Gasteiger partial charge in [0, 0.05) is 32.7 Å². The minimum Gasteiger partial charge on any atom is -0.486 e. The third-order valence-electron chi connectivity index (χ3n) is 7.87. The summed E-state index contributed by atoms with van der Waals surface area (Å²) in [6.45, 7) is 10.4. The van der Waals surface area contributed by atoms with E-state index in [4.69, 9.17) is 14.2 Å². The molecular weight excluding hydrogens is 404 g/mol. The van der Waals surface area contributed by atoms with Crippen LogP contribution in [-0.2, 0) is 14.9 Å². The molecule has 5 rings (SSSR count). The van der Waals surface area contributed by atoms with Crippen molar-refractivity contribution in [2.45, 2.75) is 70.0 Å². The Morgan fingerprint density at radius 2 is 1.66 bits per heavy atom. The van der Waals surface area contributed by atoms with Crippen molar-refractivity contribution in [1.29, 1.82) is 0 Å². The Morgan fingerprint density at radius 3 is 2.34 bits per heavy atom. The van der Waals surface area contributed by atoms with Crippen LogP contribution in [0.25, 0.3) is 0 Å². The van der Waals surface area contributed by atoms with Crippen molar-refractivity contribution >= 4 is 5.91 Å². The van der Waals surface area contributed by atoms with Gasteiger partial charge in [-0.3, -0.25) is 9.69 Å². The molecule has 6 heteroatoms. The number of rotatable bonds is 4. The Kier molecular flexibility index (Phi) is 6.35. The second kappa shape index (κ2) is 9.22. The van der Waals surface area contributed by atoms with Crippen molar-refractivity contribution in [3.05, 3.63) is 23.8 Å². The van der Waals surface area contributed by atoms with Gasteiger partial charge in [-0.05, 0) is 63.1 Å². The van der Waals surface area contributed by atoms with Crippen molar-refractivity contribution in [3.8, 4) is 11.5 Å². The zero-order valence-corrected chi connectivity index (χ0v) is 19.7. The van der Waals surface area contributed by atoms with Crippen LogP contribution in [0.5, 0.6) is 11.5 Å². The zero-order valence-electron chi connectivity index (χ0n) is 19.7. The maximum absolute atomic E-state index is 13.9. The van der Waals surface area contributed by atoms with Gasteiger partial charge in [-0.25, -0.2) is 0 Å². The lowest BCUT2D eigenvalue weighted by molar-refractivity contribution is -0.139. The van der Waals surface area contributed by atoms with Crippen LogP contribution in [0.3, 0.4) is 0 Å². The molecule has 1 saturated carbocycles. The van der Waals surface area contributed by atoms with Crippen molar-refractivity contribution in [2.75, 3.05) is 45.9 Å². The highest BCUT2D eigenvalue weighted by Gasteiger charge is 2.46. The summed E-state index contributed by atoms with van der Waals surface area (Å²) in [5.74, 6) is 2.60. The molecular formula is C26H38N2O4. The van der Waals surface area contributed by atoms with Gasteiger partial charge in [0.05, 0.1) is 17.6 Å². The lowest BCUT2D eigenvalue weighted by Crippen LogP contribution is -2.51. The monoisotopic (exact) mass is 442 g/mol. The second-order valence-electron chi connectivity index (χ2n) is 10.4. The van der Waals surface area contributed by atoms with E-state index in [2.05, 4.69) is 35.8 Å². The number of hydrogen-bond donors (Lipinski definition) is 0. The molecule has 1 aromatic rings. The molecule has 1 amide bonds. The lowest BCUT2D eigenvalue weighted by atomic mass is 9.76. The molecule has 1 aliphatic carbocycles. The molecule has 0 N–H and O–H groups in total. The fourth-order valence-electron chi connectivity index (χ4n) is 6.37. The fourth-order valence-corrected chi connectivity index (χ4v) is 6.37. The summed E-state index contributed by atoms with van der Waals surface area (Å²) in [5.41, 5.74) is 0.722. The Hall–Kier alpha value is -1.79. The van der Waals surface area contributed by atoms with Crippen molar-refractivity contribution in [1.82, 2.24) is 9.80 Å². The van der Waals surface area contributed by atoms with Crippen LogP contribution >= 0.6 is 0 Å². The van der Waals surface area contributed by atoms with Crippen LogP contribution in [0.2, 0.25) is 0 Å². The highest BCUT2D eigenvalue weighted by Crippen LogP contribution is 2.46. The first kappa shape index (κ1) is 22.0. The SMILES string of the molecule is CC1CN(CC2CCN(C(=O)C3(c4ccc5c(c4)OCCO5)CCCC3)CC2)CC(C)O1. The Labute approximate surface area is 192 Å². The normalized spacial score (nSPS) is 28.6. The number of hydrogen-bond acceptors (Lipinski definition) is 5. The van der Waals surface area contributed by atoms with Crippen LogP contribution in [-0.4, -0.2) is 73.9 Å². The zero-order chi connectivity index (χ0) is 22.1. The molecule has 3 fully saturated rings. The molecule has 0 spiro atoms. The smallest absolute Gasteiger partial charge is 0.233 e. The van der Waals surface area contributed by atoms with Crippen molar-refractivity contribution < 1.29 is 19.0 Å². The van der Waals surface area contributed by atoms with Crippen LogP contribution in [0.1, 0.15) is 57.9 Å². The molecule has 32 heavy (non-hydrogen) atoms. The molecule has 0 bridgehead atoms. The number of carbonyl (C=O) groups is 1. The Bertz CT molecular complexity index is 804. The van der Waals surface area contributed by atoms with Crippen LogP contribution in [0.4, 0.5) is 0 Å². The standard InChI is InChI=1S/C26H38N2O4/c1-19-16-27(17-20(2)32-19)18-21-7-11-28(12-8-21)25(29)26(9-3-4-10-26)22-5-6-23-24(15-22)31-14-13-30-23/h5-6,15,19-21H,3-4,7-14,16-18H2,1-2H3. The summed E-state index contributed by atoms with van der Waals surface area (Å²) in [6.07, 6.45) is 6.94. The van der Waals surface area contributed by atoms with Gasteiger partial charge in [-0.2, -0.15) is 0 Å². The Morgan fingerprint density at radius 1 is 1.00 bits per heavy atom. The third-order valence-corrected chi connectivity index (χ3v) is 7.87. The van der Waals surface area contributed by atoms with E-state index in [9.17, 15) is 4.79 Å². The van der Waals surface area contributed by atoms with Crippen molar-refractivity contribution in [3.63, 3.8) is 0 Å². The van der Waals surface area contributed by atoms with E-state index in [0.717, 1.165) is 88.3 Å². The van der Waals surface area contributed by atoms with Gasteiger partial charge < -0.3 is 19.1 Å². The maximum Gasteiger partial charge on any atom is 0.233 e. The largest absolute Gasteiger partial charge is 0.486 e. The first-order valence-corrected chi connectivity index (χ1v) is 12.6. The quantitative estimate of drug-likeness (QED) is 0.713. The molecule has 3 heterocycles. The van der Waals surface area contributed by atoms with Gasteiger partial charge in [-0.15, -0.1) is 0 Å². The minimum absolute atomic E-state index is 0.314. The molecule has 1 aromatic carbocycles. The van der Waals surface area contributed by atoms with Crippen molar-refractivity contribution in [2.24, 2.45) is 5.92 Å². The van der Waals surface area contributed by atoms with Gasteiger partial charge in [0.2, 0.25) is 5.91 Å².